The number of hydrogen-bond acceptors (Lipinski definition) is 3. The lowest BCUT2D eigenvalue weighted by Crippen LogP contribution is -2.24. The number of halogens is 2. The molecule has 0 saturated carbocycles. The molecule has 6 heteroatoms. The number of carbonyl (C=O) groups is 1. The smallest absolute Gasteiger partial charge is 0.277 e. The summed E-state index contributed by atoms with van der Waals surface area (Å²) >= 11 is 9.20. The first kappa shape index (κ1) is 19.1. The fraction of sp³-hybridized carbons (Fsp3) is 0.0476. The number of nitrogens with one attached hydrogen (secondary N) is 1. The zero-order chi connectivity index (χ0) is 19.1. The molecule has 0 unspecified atom stereocenters. The van der Waals surface area contributed by atoms with Crippen LogP contribution in [0, 0.1) is 0 Å². The van der Waals surface area contributed by atoms with Crippen molar-refractivity contribution in [1.82, 2.24) is 5.43 Å². The van der Waals surface area contributed by atoms with Crippen molar-refractivity contribution in [2.24, 2.45) is 5.10 Å². The average molecular weight is 444 g/mol. The van der Waals surface area contributed by atoms with Crippen LogP contribution in [0.1, 0.15) is 5.56 Å². The van der Waals surface area contributed by atoms with Crippen molar-refractivity contribution in [3.63, 3.8) is 0 Å². The quantitative estimate of drug-likeness (QED) is 0.415. The summed E-state index contributed by atoms with van der Waals surface area (Å²) in [6.07, 6.45) is 1.59. The summed E-state index contributed by atoms with van der Waals surface area (Å²) in [4.78, 5) is 11.8. The summed E-state index contributed by atoms with van der Waals surface area (Å²) in [7, 11) is 0. The summed E-state index contributed by atoms with van der Waals surface area (Å²) in [5.41, 5.74) is 5.60. The minimum Gasteiger partial charge on any atom is -0.483 e. The molecule has 0 spiro atoms. The van der Waals surface area contributed by atoms with Crippen molar-refractivity contribution in [3.8, 4) is 16.9 Å². The standard InChI is InChI=1S/C21H16BrClN2O2/c22-19-12-18(23)10-11-20(19)27-14-21(26)25-24-13-15-6-8-17(9-7-15)16-4-2-1-3-5-16/h1-13H,14H2,(H,25,26). The summed E-state index contributed by atoms with van der Waals surface area (Å²) in [6, 6.07) is 23.1. The fourth-order valence-corrected chi connectivity index (χ4v) is 3.14. The first-order valence-corrected chi connectivity index (χ1v) is 9.34. The second kappa shape index (κ2) is 9.35. The molecule has 3 aromatic rings. The van der Waals surface area contributed by atoms with E-state index in [1.165, 1.54) is 0 Å². The molecular formula is C21H16BrClN2O2. The minimum atomic E-state index is -0.353. The monoisotopic (exact) mass is 442 g/mol. The van der Waals surface area contributed by atoms with Crippen LogP contribution >= 0.6 is 27.5 Å². The molecule has 136 valence electrons. The molecule has 0 radical (unpaired) electrons. The first-order chi connectivity index (χ1) is 13.1. The van der Waals surface area contributed by atoms with Gasteiger partial charge < -0.3 is 4.74 Å². The van der Waals surface area contributed by atoms with Crippen LogP contribution in [0.15, 0.2) is 82.4 Å². The summed E-state index contributed by atoms with van der Waals surface area (Å²) in [6.45, 7) is -0.148. The Morgan fingerprint density at radius 2 is 1.74 bits per heavy atom. The van der Waals surface area contributed by atoms with Crippen molar-refractivity contribution < 1.29 is 9.53 Å². The number of hydrogen-bond donors (Lipinski definition) is 1. The third-order valence-corrected chi connectivity index (χ3v) is 4.53. The zero-order valence-corrected chi connectivity index (χ0v) is 16.6. The third-order valence-electron chi connectivity index (χ3n) is 3.67. The maximum Gasteiger partial charge on any atom is 0.277 e. The van der Waals surface area contributed by atoms with E-state index in [1.807, 2.05) is 42.5 Å². The van der Waals surface area contributed by atoms with E-state index in [-0.39, 0.29) is 12.5 Å². The Hall–Kier alpha value is -2.63. The summed E-state index contributed by atoms with van der Waals surface area (Å²) in [5.74, 6) is 0.184. The number of benzene rings is 3. The van der Waals surface area contributed by atoms with Crippen LogP contribution in [0.5, 0.6) is 5.75 Å². The van der Waals surface area contributed by atoms with Crippen LogP contribution in [-0.4, -0.2) is 18.7 Å². The number of ether oxygens (including phenoxy) is 1. The normalized spacial score (nSPS) is 10.7. The van der Waals surface area contributed by atoms with Crippen LogP contribution < -0.4 is 10.2 Å². The number of amides is 1. The molecule has 1 N–H and O–H groups in total. The molecule has 0 aliphatic rings. The van der Waals surface area contributed by atoms with E-state index in [2.05, 4.69) is 38.6 Å². The average Bonchev–Trinajstić information content (AvgIpc) is 2.68. The van der Waals surface area contributed by atoms with Gasteiger partial charge in [-0.25, -0.2) is 5.43 Å². The lowest BCUT2D eigenvalue weighted by atomic mass is 10.0. The predicted molar refractivity (Wildman–Crippen MR) is 112 cm³/mol. The van der Waals surface area contributed by atoms with Gasteiger partial charge in [0, 0.05) is 5.02 Å². The predicted octanol–water partition coefficient (Wildman–Crippen LogP) is 5.30. The van der Waals surface area contributed by atoms with Gasteiger partial charge in [-0.15, -0.1) is 0 Å². The Kier molecular flexibility index (Phi) is 6.63. The molecule has 3 rings (SSSR count). The molecule has 0 aliphatic heterocycles. The van der Waals surface area contributed by atoms with Crippen molar-refractivity contribution in [1.29, 1.82) is 0 Å². The van der Waals surface area contributed by atoms with Gasteiger partial charge in [0.15, 0.2) is 6.61 Å². The van der Waals surface area contributed by atoms with E-state index in [4.69, 9.17) is 16.3 Å². The van der Waals surface area contributed by atoms with Gasteiger partial charge in [0.1, 0.15) is 5.75 Å². The minimum absolute atomic E-state index is 0.148. The van der Waals surface area contributed by atoms with Crippen LogP contribution in [0.3, 0.4) is 0 Å². The van der Waals surface area contributed by atoms with Gasteiger partial charge >= 0.3 is 0 Å². The van der Waals surface area contributed by atoms with Crippen molar-refractivity contribution >= 4 is 39.7 Å². The van der Waals surface area contributed by atoms with Crippen LogP contribution in [0.2, 0.25) is 5.02 Å². The van der Waals surface area contributed by atoms with E-state index in [0.29, 0.717) is 15.2 Å². The SMILES string of the molecule is O=C(COc1ccc(Cl)cc1Br)NN=Cc1ccc(-c2ccccc2)cc1. The highest BCUT2D eigenvalue weighted by atomic mass is 79.9. The van der Waals surface area contributed by atoms with Gasteiger partial charge in [-0.05, 0) is 50.8 Å². The first-order valence-electron chi connectivity index (χ1n) is 8.17. The van der Waals surface area contributed by atoms with Crippen molar-refractivity contribution in [2.75, 3.05) is 6.61 Å². The second-order valence-corrected chi connectivity index (χ2v) is 6.94. The molecular weight excluding hydrogens is 428 g/mol. The van der Waals surface area contributed by atoms with E-state index < -0.39 is 0 Å². The maximum absolute atomic E-state index is 11.8. The van der Waals surface area contributed by atoms with Crippen LogP contribution in [0.25, 0.3) is 11.1 Å². The highest BCUT2D eigenvalue weighted by Gasteiger charge is 2.05. The molecule has 0 heterocycles. The highest BCUT2D eigenvalue weighted by molar-refractivity contribution is 9.10. The molecule has 4 nitrogen and oxygen atoms in total. The van der Waals surface area contributed by atoms with Crippen molar-refractivity contribution in [2.45, 2.75) is 0 Å². The molecule has 0 aliphatic carbocycles. The Balaban J connectivity index is 1.50. The van der Waals surface area contributed by atoms with Crippen LogP contribution in [0.4, 0.5) is 0 Å². The maximum atomic E-state index is 11.8. The van der Waals surface area contributed by atoms with Gasteiger partial charge in [-0.2, -0.15) is 5.10 Å². The van der Waals surface area contributed by atoms with Gasteiger partial charge in [0.25, 0.3) is 5.91 Å². The number of hydrazone groups is 1. The molecule has 0 aromatic heterocycles. The second-order valence-electron chi connectivity index (χ2n) is 5.64. The number of rotatable bonds is 6. The molecule has 3 aromatic carbocycles. The van der Waals surface area contributed by atoms with E-state index >= 15 is 0 Å². The highest BCUT2D eigenvalue weighted by Crippen LogP contribution is 2.27. The zero-order valence-electron chi connectivity index (χ0n) is 14.2. The third kappa shape index (κ3) is 5.67. The van der Waals surface area contributed by atoms with E-state index in [9.17, 15) is 4.79 Å². The molecule has 0 fully saturated rings. The summed E-state index contributed by atoms with van der Waals surface area (Å²) < 4.78 is 6.11. The topological polar surface area (TPSA) is 50.7 Å². The van der Waals surface area contributed by atoms with Gasteiger partial charge in [-0.1, -0.05) is 66.2 Å². The number of nitrogens with zero attached hydrogens (tertiary/aromatic N) is 1. The fourth-order valence-electron chi connectivity index (χ4n) is 2.34. The van der Waals surface area contributed by atoms with Crippen molar-refractivity contribution in [3.05, 3.63) is 87.9 Å². The lowest BCUT2D eigenvalue weighted by molar-refractivity contribution is -0.123. The van der Waals surface area contributed by atoms with Gasteiger partial charge in [0.05, 0.1) is 10.7 Å². The molecule has 27 heavy (non-hydrogen) atoms. The molecule has 0 saturated heterocycles. The molecule has 0 bridgehead atoms. The van der Waals surface area contributed by atoms with Crippen LogP contribution in [-0.2, 0) is 4.79 Å². The van der Waals surface area contributed by atoms with E-state index in [0.717, 1.165) is 16.7 Å². The van der Waals surface area contributed by atoms with Gasteiger partial charge in [0.2, 0.25) is 0 Å². The van der Waals surface area contributed by atoms with E-state index in [1.54, 1.807) is 24.4 Å². The Bertz CT molecular complexity index is 944. The Morgan fingerprint density at radius 3 is 2.44 bits per heavy atom. The van der Waals surface area contributed by atoms with Gasteiger partial charge in [-0.3, -0.25) is 4.79 Å². The molecule has 0 atom stereocenters. The lowest BCUT2D eigenvalue weighted by Gasteiger charge is -2.07. The Morgan fingerprint density at radius 1 is 1.04 bits per heavy atom. The summed E-state index contributed by atoms with van der Waals surface area (Å²) in [5, 5.41) is 4.54. The number of carbonyl (C=O) groups excluding carboxylic acids is 1. The Labute approximate surface area is 171 Å². The largest absolute Gasteiger partial charge is 0.483 e. The molecule has 1 amide bonds.